The maximum absolute atomic E-state index is 5.82. The fourth-order valence-electron chi connectivity index (χ4n) is 1.73. The molecular formula is C15H14ClNO2S. The van der Waals surface area contributed by atoms with Gasteiger partial charge in [0.25, 0.3) is 0 Å². The molecule has 0 bridgehead atoms. The highest BCUT2D eigenvalue weighted by Gasteiger charge is 2.07. The smallest absolute Gasteiger partial charge is 0.129 e. The maximum atomic E-state index is 5.82. The Bertz CT molecular complexity index is 614. The summed E-state index contributed by atoms with van der Waals surface area (Å²) in [6, 6.07) is 12.8. The van der Waals surface area contributed by atoms with Gasteiger partial charge in [-0.1, -0.05) is 29.9 Å². The summed E-state index contributed by atoms with van der Waals surface area (Å²) in [5.74, 6) is 1.40. The number of ether oxygens (including phenoxy) is 2. The van der Waals surface area contributed by atoms with Crippen LogP contribution in [0.25, 0.3) is 0 Å². The van der Waals surface area contributed by atoms with E-state index in [4.69, 9.17) is 39.0 Å². The molecule has 0 atom stereocenters. The van der Waals surface area contributed by atoms with E-state index in [9.17, 15) is 0 Å². The minimum Gasteiger partial charge on any atom is -0.496 e. The summed E-state index contributed by atoms with van der Waals surface area (Å²) in [5, 5.41) is 0.680. The largest absolute Gasteiger partial charge is 0.496 e. The van der Waals surface area contributed by atoms with Crippen LogP contribution < -0.4 is 15.2 Å². The number of hydrogen-bond donors (Lipinski definition) is 1. The van der Waals surface area contributed by atoms with Crippen molar-refractivity contribution in [2.45, 2.75) is 6.61 Å². The predicted octanol–water partition coefficient (Wildman–Crippen LogP) is 3.56. The maximum Gasteiger partial charge on any atom is 0.129 e. The topological polar surface area (TPSA) is 44.5 Å². The number of hydrogen-bond acceptors (Lipinski definition) is 3. The van der Waals surface area contributed by atoms with E-state index in [0.717, 1.165) is 16.9 Å². The van der Waals surface area contributed by atoms with E-state index in [-0.39, 0.29) is 0 Å². The average molecular weight is 308 g/mol. The molecule has 0 unspecified atom stereocenters. The van der Waals surface area contributed by atoms with Gasteiger partial charge in [0.2, 0.25) is 0 Å². The van der Waals surface area contributed by atoms with Crippen LogP contribution in [0.15, 0.2) is 42.5 Å². The third-order valence-electron chi connectivity index (χ3n) is 2.75. The summed E-state index contributed by atoms with van der Waals surface area (Å²) in [6.07, 6.45) is 0. The molecule has 0 aromatic heterocycles. The first-order valence-corrected chi connectivity index (χ1v) is 6.74. The second-order valence-corrected chi connectivity index (χ2v) is 5.02. The number of benzene rings is 2. The third kappa shape index (κ3) is 3.62. The van der Waals surface area contributed by atoms with Crippen LogP contribution in [0.2, 0.25) is 5.02 Å². The van der Waals surface area contributed by atoms with Gasteiger partial charge in [-0.15, -0.1) is 0 Å². The average Bonchev–Trinajstić information content (AvgIpc) is 2.46. The van der Waals surface area contributed by atoms with Crippen molar-refractivity contribution < 1.29 is 9.47 Å². The SMILES string of the molecule is COc1cc(COc2ccc(Cl)cc2)ccc1C(N)=S. The van der Waals surface area contributed by atoms with E-state index in [1.807, 2.05) is 30.3 Å². The van der Waals surface area contributed by atoms with Gasteiger partial charge in [0.15, 0.2) is 0 Å². The van der Waals surface area contributed by atoms with Crippen LogP contribution in [0, 0.1) is 0 Å². The lowest BCUT2D eigenvalue weighted by Crippen LogP contribution is -2.11. The highest BCUT2D eigenvalue weighted by atomic mass is 35.5. The third-order valence-corrected chi connectivity index (χ3v) is 3.22. The minimum absolute atomic E-state index is 0.312. The lowest BCUT2D eigenvalue weighted by atomic mass is 10.1. The molecule has 0 saturated heterocycles. The molecule has 0 amide bonds. The first kappa shape index (κ1) is 14.6. The lowest BCUT2D eigenvalue weighted by molar-refractivity contribution is 0.305. The zero-order valence-corrected chi connectivity index (χ0v) is 12.5. The molecule has 0 aliphatic heterocycles. The van der Waals surface area contributed by atoms with Gasteiger partial charge in [0.1, 0.15) is 23.1 Å². The molecular weight excluding hydrogens is 294 g/mol. The zero-order chi connectivity index (χ0) is 14.5. The van der Waals surface area contributed by atoms with Crippen molar-refractivity contribution in [2.24, 2.45) is 5.73 Å². The molecule has 2 rings (SSSR count). The highest BCUT2D eigenvalue weighted by molar-refractivity contribution is 7.80. The molecule has 0 aliphatic carbocycles. The van der Waals surface area contributed by atoms with E-state index in [0.29, 0.717) is 22.4 Å². The fourth-order valence-corrected chi connectivity index (χ4v) is 2.02. The Hall–Kier alpha value is -1.78. The van der Waals surface area contributed by atoms with Crippen LogP contribution in [0.5, 0.6) is 11.5 Å². The fraction of sp³-hybridized carbons (Fsp3) is 0.133. The van der Waals surface area contributed by atoms with Crippen LogP contribution >= 0.6 is 23.8 Å². The minimum atomic E-state index is 0.312. The van der Waals surface area contributed by atoms with Gasteiger partial charge in [-0.2, -0.15) is 0 Å². The second-order valence-electron chi connectivity index (χ2n) is 4.14. The van der Waals surface area contributed by atoms with E-state index < -0.39 is 0 Å². The van der Waals surface area contributed by atoms with Crippen molar-refractivity contribution >= 4 is 28.8 Å². The molecule has 0 saturated carbocycles. The number of rotatable bonds is 5. The molecule has 0 aliphatic rings. The zero-order valence-electron chi connectivity index (χ0n) is 10.9. The molecule has 2 N–H and O–H groups in total. The molecule has 3 nitrogen and oxygen atoms in total. The van der Waals surface area contributed by atoms with Crippen LogP contribution in [0.1, 0.15) is 11.1 Å². The van der Waals surface area contributed by atoms with Gasteiger partial charge < -0.3 is 15.2 Å². The summed E-state index contributed by atoms with van der Waals surface area (Å²) >= 11 is 10.8. The number of methoxy groups -OCH3 is 1. The molecule has 0 heterocycles. The molecule has 0 fully saturated rings. The molecule has 2 aromatic carbocycles. The van der Waals surface area contributed by atoms with Crippen molar-refractivity contribution in [2.75, 3.05) is 7.11 Å². The highest BCUT2D eigenvalue weighted by Crippen LogP contribution is 2.22. The van der Waals surface area contributed by atoms with Gasteiger partial charge >= 0.3 is 0 Å². The van der Waals surface area contributed by atoms with Crippen molar-refractivity contribution in [1.29, 1.82) is 0 Å². The Morgan fingerprint density at radius 2 is 1.90 bits per heavy atom. The molecule has 0 radical (unpaired) electrons. The summed E-state index contributed by atoms with van der Waals surface area (Å²) in [7, 11) is 1.58. The van der Waals surface area contributed by atoms with Crippen molar-refractivity contribution in [1.82, 2.24) is 0 Å². The predicted molar refractivity (Wildman–Crippen MR) is 84.7 cm³/mol. The molecule has 2 aromatic rings. The van der Waals surface area contributed by atoms with Crippen molar-refractivity contribution in [3.05, 3.63) is 58.6 Å². The first-order valence-electron chi connectivity index (χ1n) is 5.95. The van der Waals surface area contributed by atoms with Crippen LogP contribution in [0.4, 0.5) is 0 Å². The van der Waals surface area contributed by atoms with Crippen molar-refractivity contribution in [3.8, 4) is 11.5 Å². The Labute approximate surface area is 128 Å². The normalized spacial score (nSPS) is 10.1. The lowest BCUT2D eigenvalue weighted by Gasteiger charge is -2.11. The van der Waals surface area contributed by atoms with Gasteiger partial charge in [0, 0.05) is 5.02 Å². The quantitative estimate of drug-likeness (QED) is 0.858. The monoisotopic (exact) mass is 307 g/mol. The number of nitrogens with two attached hydrogens (primary N) is 1. The van der Waals surface area contributed by atoms with E-state index in [1.54, 1.807) is 19.2 Å². The first-order chi connectivity index (χ1) is 9.60. The number of halogens is 1. The van der Waals surface area contributed by atoms with Crippen molar-refractivity contribution in [3.63, 3.8) is 0 Å². The van der Waals surface area contributed by atoms with Crippen LogP contribution in [0.3, 0.4) is 0 Å². The Morgan fingerprint density at radius 3 is 2.50 bits per heavy atom. The van der Waals surface area contributed by atoms with Gasteiger partial charge in [-0.25, -0.2) is 0 Å². The Balaban J connectivity index is 2.10. The van der Waals surface area contributed by atoms with Gasteiger partial charge in [-0.3, -0.25) is 0 Å². The molecule has 5 heteroatoms. The summed E-state index contributed by atoms with van der Waals surface area (Å²) in [4.78, 5) is 0.312. The summed E-state index contributed by atoms with van der Waals surface area (Å²) < 4.78 is 10.9. The Kier molecular flexibility index (Phi) is 4.82. The Morgan fingerprint density at radius 1 is 1.20 bits per heavy atom. The van der Waals surface area contributed by atoms with E-state index in [2.05, 4.69) is 0 Å². The molecule has 104 valence electrons. The summed E-state index contributed by atoms with van der Waals surface area (Å²) in [6.45, 7) is 0.426. The second kappa shape index (κ2) is 6.59. The van der Waals surface area contributed by atoms with Crippen LogP contribution in [-0.2, 0) is 6.61 Å². The summed E-state index contributed by atoms with van der Waals surface area (Å²) in [5.41, 5.74) is 7.32. The van der Waals surface area contributed by atoms with Gasteiger partial charge in [0.05, 0.1) is 12.7 Å². The van der Waals surface area contributed by atoms with E-state index in [1.165, 1.54) is 0 Å². The molecule has 20 heavy (non-hydrogen) atoms. The number of thiocarbonyl (C=S) groups is 1. The molecule has 0 spiro atoms. The standard InChI is InChI=1S/C15H14ClNO2S/c1-18-14-8-10(2-7-13(14)15(17)20)9-19-12-5-3-11(16)4-6-12/h2-8H,9H2,1H3,(H2,17,20). The van der Waals surface area contributed by atoms with Crippen LogP contribution in [-0.4, -0.2) is 12.1 Å². The van der Waals surface area contributed by atoms with E-state index >= 15 is 0 Å². The van der Waals surface area contributed by atoms with Gasteiger partial charge in [-0.05, 0) is 42.0 Å².